The minimum atomic E-state index is -0.613. The second-order valence-electron chi connectivity index (χ2n) is 6.08. The average molecular weight is 351 g/mol. The van der Waals surface area contributed by atoms with Gasteiger partial charge in [-0.2, -0.15) is 0 Å². The first-order valence-electron chi connectivity index (χ1n) is 8.25. The zero-order valence-corrected chi connectivity index (χ0v) is 15.2. The fourth-order valence-electron chi connectivity index (χ4n) is 2.92. The van der Waals surface area contributed by atoms with E-state index in [0.717, 1.165) is 12.8 Å². The number of carbonyl (C=O) groups is 2. The third kappa shape index (κ3) is 4.55. The van der Waals surface area contributed by atoms with Gasteiger partial charge in [0.25, 0.3) is 5.91 Å². The number of amides is 1. The molecule has 0 bridgehead atoms. The van der Waals surface area contributed by atoms with Gasteiger partial charge in [0, 0.05) is 13.1 Å². The zero-order chi connectivity index (χ0) is 18.4. The highest BCUT2D eigenvalue weighted by Gasteiger charge is 2.23. The predicted octanol–water partition coefficient (Wildman–Crippen LogP) is 2.13. The highest BCUT2D eigenvalue weighted by molar-refractivity contribution is 5.92. The van der Waals surface area contributed by atoms with E-state index in [1.807, 2.05) is 0 Å². The van der Waals surface area contributed by atoms with Gasteiger partial charge in [0.1, 0.15) is 0 Å². The number of ether oxygens (including phenoxy) is 4. The summed E-state index contributed by atoms with van der Waals surface area (Å²) in [6, 6.07) is 2.99. The first-order chi connectivity index (χ1) is 12.0. The standard InChI is InChI=1S/C18H25NO6/c1-12-6-5-7-19(10-12)16(20)11-25-18(21)13-8-14(22-2)17(24-4)15(9-13)23-3/h8-9,12H,5-7,10-11H2,1-4H3/t12-/m1/s1. The number of hydrogen-bond acceptors (Lipinski definition) is 6. The molecule has 25 heavy (non-hydrogen) atoms. The van der Waals surface area contributed by atoms with Crippen molar-refractivity contribution >= 4 is 11.9 Å². The molecule has 0 saturated carbocycles. The Morgan fingerprint density at radius 3 is 2.28 bits per heavy atom. The second-order valence-corrected chi connectivity index (χ2v) is 6.08. The molecular weight excluding hydrogens is 326 g/mol. The van der Waals surface area contributed by atoms with Crippen LogP contribution in [0.15, 0.2) is 12.1 Å². The lowest BCUT2D eigenvalue weighted by Crippen LogP contribution is -2.41. The lowest BCUT2D eigenvalue weighted by molar-refractivity contribution is -0.136. The van der Waals surface area contributed by atoms with Crippen molar-refractivity contribution in [2.75, 3.05) is 41.0 Å². The molecule has 1 aliphatic rings. The second kappa shape index (κ2) is 8.60. The van der Waals surface area contributed by atoms with E-state index < -0.39 is 5.97 Å². The van der Waals surface area contributed by atoms with Gasteiger partial charge >= 0.3 is 5.97 Å². The van der Waals surface area contributed by atoms with E-state index in [-0.39, 0.29) is 18.1 Å². The summed E-state index contributed by atoms with van der Waals surface area (Å²) in [4.78, 5) is 26.2. The van der Waals surface area contributed by atoms with Gasteiger partial charge in [0.05, 0.1) is 26.9 Å². The summed E-state index contributed by atoms with van der Waals surface area (Å²) < 4.78 is 20.8. The van der Waals surface area contributed by atoms with Crippen LogP contribution in [0.4, 0.5) is 0 Å². The molecule has 0 aromatic heterocycles. The smallest absolute Gasteiger partial charge is 0.338 e. The maximum atomic E-state index is 12.3. The third-order valence-electron chi connectivity index (χ3n) is 4.24. The Hall–Kier alpha value is -2.44. The van der Waals surface area contributed by atoms with E-state index in [4.69, 9.17) is 18.9 Å². The van der Waals surface area contributed by atoms with Gasteiger partial charge < -0.3 is 23.8 Å². The molecule has 7 nitrogen and oxygen atoms in total. The first-order valence-corrected chi connectivity index (χ1v) is 8.25. The predicted molar refractivity (Wildman–Crippen MR) is 91.4 cm³/mol. The molecule has 1 aromatic rings. The van der Waals surface area contributed by atoms with Gasteiger partial charge in [-0.05, 0) is 30.9 Å². The normalized spacial score (nSPS) is 17.0. The van der Waals surface area contributed by atoms with Gasteiger partial charge in [-0.3, -0.25) is 4.79 Å². The fraction of sp³-hybridized carbons (Fsp3) is 0.556. The van der Waals surface area contributed by atoms with Crippen LogP contribution in [0.3, 0.4) is 0 Å². The van der Waals surface area contributed by atoms with Gasteiger partial charge in [0.2, 0.25) is 5.75 Å². The van der Waals surface area contributed by atoms with Gasteiger partial charge in [0.15, 0.2) is 18.1 Å². The number of rotatable bonds is 6. The number of benzene rings is 1. The Kier molecular flexibility index (Phi) is 6.50. The lowest BCUT2D eigenvalue weighted by Gasteiger charge is -2.30. The SMILES string of the molecule is COc1cc(C(=O)OCC(=O)N2CCC[C@@H](C)C2)cc(OC)c1OC. The highest BCUT2D eigenvalue weighted by atomic mass is 16.5. The number of hydrogen-bond donors (Lipinski definition) is 0. The third-order valence-corrected chi connectivity index (χ3v) is 4.24. The Morgan fingerprint density at radius 1 is 1.12 bits per heavy atom. The van der Waals surface area contributed by atoms with Crippen molar-refractivity contribution in [3.05, 3.63) is 17.7 Å². The van der Waals surface area contributed by atoms with Crippen molar-refractivity contribution in [1.29, 1.82) is 0 Å². The highest BCUT2D eigenvalue weighted by Crippen LogP contribution is 2.38. The largest absolute Gasteiger partial charge is 0.493 e. The number of esters is 1. The minimum absolute atomic E-state index is 0.174. The molecule has 7 heteroatoms. The van der Waals surface area contributed by atoms with Crippen molar-refractivity contribution in [3.63, 3.8) is 0 Å². The van der Waals surface area contributed by atoms with Crippen LogP contribution in [0.2, 0.25) is 0 Å². The quantitative estimate of drug-likeness (QED) is 0.731. The van der Waals surface area contributed by atoms with Crippen molar-refractivity contribution in [1.82, 2.24) is 4.90 Å². The van der Waals surface area contributed by atoms with Crippen LogP contribution in [0, 0.1) is 5.92 Å². The Morgan fingerprint density at radius 2 is 1.76 bits per heavy atom. The van der Waals surface area contributed by atoms with E-state index in [9.17, 15) is 9.59 Å². The van der Waals surface area contributed by atoms with E-state index in [2.05, 4.69) is 6.92 Å². The minimum Gasteiger partial charge on any atom is -0.493 e. The molecule has 1 atom stereocenters. The van der Waals surface area contributed by atoms with Crippen molar-refractivity contribution < 1.29 is 28.5 Å². The fourth-order valence-corrected chi connectivity index (χ4v) is 2.92. The van der Waals surface area contributed by atoms with Gasteiger partial charge in [-0.1, -0.05) is 6.92 Å². The molecule has 1 heterocycles. The van der Waals surface area contributed by atoms with Crippen molar-refractivity contribution in [3.8, 4) is 17.2 Å². The summed E-state index contributed by atoms with van der Waals surface area (Å²) in [5.74, 6) is 0.781. The van der Waals surface area contributed by atoms with Gasteiger partial charge in [-0.15, -0.1) is 0 Å². The first kappa shape index (κ1) is 18.9. The lowest BCUT2D eigenvalue weighted by atomic mass is 10.0. The Labute approximate surface area is 147 Å². The molecule has 0 aliphatic carbocycles. The Bertz CT molecular complexity index is 605. The van der Waals surface area contributed by atoms with Crippen LogP contribution in [-0.4, -0.2) is 57.8 Å². The topological polar surface area (TPSA) is 74.3 Å². The molecule has 1 aliphatic heterocycles. The van der Waals surface area contributed by atoms with E-state index in [0.29, 0.717) is 36.3 Å². The molecule has 1 amide bonds. The molecule has 2 rings (SSSR count). The molecular formula is C18H25NO6. The van der Waals surface area contributed by atoms with Crippen LogP contribution in [-0.2, 0) is 9.53 Å². The maximum Gasteiger partial charge on any atom is 0.338 e. The van der Waals surface area contributed by atoms with E-state index >= 15 is 0 Å². The number of carbonyl (C=O) groups excluding carboxylic acids is 2. The average Bonchev–Trinajstić information content (AvgIpc) is 2.64. The zero-order valence-electron chi connectivity index (χ0n) is 15.2. The summed E-state index contributed by atoms with van der Waals surface area (Å²) >= 11 is 0. The van der Waals surface area contributed by atoms with Crippen LogP contribution in [0.1, 0.15) is 30.1 Å². The van der Waals surface area contributed by atoms with Gasteiger partial charge in [-0.25, -0.2) is 4.79 Å². The maximum absolute atomic E-state index is 12.3. The molecule has 0 unspecified atom stereocenters. The molecule has 0 radical (unpaired) electrons. The Balaban J connectivity index is 2.04. The van der Waals surface area contributed by atoms with Crippen LogP contribution >= 0.6 is 0 Å². The van der Waals surface area contributed by atoms with Crippen molar-refractivity contribution in [2.24, 2.45) is 5.92 Å². The number of nitrogens with zero attached hydrogens (tertiary/aromatic N) is 1. The van der Waals surface area contributed by atoms with E-state index in [1.165, 1.54) is 33.5 Å². The molecule has 138 valence electrons. The molecule has 1 aromatic carbocycles. The van der Waals surface area contributed by atoms with Crippen LogP contribution in [0.25, 0.3) is 0 Å². The summed E-state index contributed by atoms with van der Waals surface area (Å²) in [6.07, 6.45) is 2.10. The monoisotopic (exact) mass is 351 g/mol. The molecule has 1 saturated heterocycles. The molecule has 0 N–H and O–H groups in total. The number of likely N-dealkylation sites (tertiary alicyclic amines) is 1. The molecule has 0 spiro atoms. The van der Waals surface area contributed by atoms with Crippen molar-refractivity contribution in [2.45, 2.75) is 19.8 Å². The van der Waals surface area contributed by atoms with Crippen LogP contribution in [0.5, 0.6) is 17.2 Å². The van der Waals surface area contributed by atoms with Crippen LogP contribution < -0.4 is 14.2 Å². The summed E-state index contributed by atoms with van der Waals surface area (Å²) in [5.41, 5.74) is 0.231. The molecule has 1 fully saturated rings. The number of piperidine rings is 1. The number of methoxy groups -OCH3 is 3. The van der Waals surface area contributed by atoms with E-state index in [1.54, 1.807) is 4.90 Å². The summed E-state index contributed by atoms with van der Waals surface area (Å²) in [5, 5.41) is 0. The summed E-state index contributed by atoms with van der Waals surface area (Å²) in [7, 11) is 4.41. The summed E-state index contributed by atoms with van der Waals surface area (Å²) in [6.45, 7) is 3.26.